The van der Waals surface area contributed by atoms with E-state index < -0.39 is 0 Å². The molecule has 2 nitrogen and oxygen atoms in total. The molecule has 78 valence electrons. The van der Waals surface area contributed by atoms with Crippen molar-refractivity contribution in [1.29, 1.82) is 0 Å². The number of nitrogens with two attached hydrogens (primary N) is 1. The van der Waals surface area contributed by atoms with Crippen LogP contribution in [0.2, 0.25) is 0 Å². The van der Waals surface area contributed by atoms with Crippen LogP contribution in [0.3, 0.4) is 0 Å². The fourth-order valence-corrected chi connectivity index (χ4v) is 1.12. The van der Waals surface area contributed by atoms with E-state index >= 15 is 0 Å². The van der Waals surface area contributed by atoms with Gasteiger partial charge in [-0.1, -0.05) is 44.8 Å². The average molecular weight is 203 g/mol. The first kappa shape index (κ1) is 12.8. The second-order valence-corrected chi connectivity index (χ2v) is 3.80. The van der Waals surface area contributed by atoms with Gasteiger partial charge in [-0.15, -0.1) is 0 Å². The minimum absolute atomic E-state index is 0.0684. The maximum atomic E-state index is 5.42. The molecule has 1 atom stereocenters. The average Bonchev–Trinajstić information content (AvgIpc) is 2.10. The largest absolute Gasteiger partial charge is 0.391 e. The van der Waals surface area contributed by atoms with Gasteiger partial charge in [0.05, 0.1) is 0 Å². The molecule has 0 rings (SSSR count). The fourth-order valence-electron chi connectivity index (χ4n) is 1.05. The summed E-state index contributed by atoms with van der Waals surface area (Å²) in [6.45, 7) is 4.89. The van der Waals surface area contributed by atoms with E-state index in [1.807, 2.05) is 6.92 Å². The van der Waals surface area contributed by atoms with E-state index in [9.17, 15) is 0 Å². The van der Waals surface area contributed by atoms with Crippen molar-refractivity contribution in [2.75, 3.05) is 6.61 Å². The summed E-state index contributed by atoms with van der Waals surface area (Å²) in [7, 11) is 0. The Morgan fingerprint density at radius 1 is 1.31 bits per heavy atom. The number of unbranched alkanes of at least 4 members (excludes halogenated alkanes) is 4. The number of rotatable bonds is 8. The van der Waals surface area contributed by atoms with Gasteiger partial charge in [0.2, 0.25) is 0 Å². The van der Waals surface area contributed by atoms with Crippen molar-refractivity contribution in [3.8, 4) is 0 Å². The quantitative estimate of drug-likeness (QED) is 0.486. The van der Waals surface area contributed by atoms with Crippen LogP contribution in [0.4, 0.5) is 0 Å². The molecular formula is C10H21NOS. The van der Waals surface area contributed by atoms with E-state index in [-0.39, 0.29) is 6.10 Å². The number of hydrogen-bond acceptors (Lipinski definition) is 2. The van der Waals surface area contributed by atoms with Gasteiger partial charge in [-0.2, -0.15) is 0 Å². The lowest BCUT2D eigenvalue weighted by Gasteiger charge is -2.10. The van der Waals surface area contributed by atoms with E-state index in [4.69, 9.17) is 22.7 Å². The maximum absolute atomic E-state index is 5.42. The minimum atomic E-state index is -0.0684. The normalized spacial score (nSPS) is 12.8. The molecule has 0 spiro atoms. The number of hydrogen-bond donors (Lipinski definition) is 1. The van der Waals surface area contributed by atoms with Gasteiger partial charge in [0.15, 0.2) is 0 Å². The highest BCUT2D eigenvalue weighted by Crippen LogP contribution is 2.03. The highest BCUT2D eigenvalue weighted by atomic mass is 32.1. The predicted octanol–water partition coefficient (Wildman–Crippen LogP) is 2.65. The summed E-state index contributed by atoms with van der Waals surface area (Å²) < 4.78 is 5.42. The van der Waals surface area contributed by atoms with Crippen molar-refractivity contribution in [2.24, 2.45) is 5.73 Å². The smallest absolute Gasteiger partial charge is 0.104 e. The number of ether oxygens (including phenoxy) is 1. The van der Waals surface area contributed by atoms with Crippen molar-refractivity contribution < 1.29 is 4.74 Å². The topological polar surface area (TPSA) is 35.2 Å². The highest BCUT2D eigenvalue weighted by molar-refractivity contribution is 7.80. The van der Waals surface area contributed by atoms with E-state index in [0.29, 0.717) is 4.99 Å². The van der Waals surface area contributed by atoms with Crippen molar-refractivity contribution in [3.63, 3.8) is 0 Å². The Kier molecular flexibility index (Phi) is 8.35. The zero-order chi connectivity index (χ0) is 10.1. The van der Waals surface area contributed by atoms with E-state index in [1.54, 1.807) is 0 Å². The molecule has 0 fully saturated rings. The molecule has 0 heterocycles. The lowest BCUT2D eigenvalue weighted by Crippen LogP contribution is -2.26. The maximum Gasteiger partial charge on any atom is 0.104 e. The molecule has 0 radical (unpaired) electrons. The summed E-state index contributed by atoms with van der Waals surface area (Å²) >= 11 is 4.79. The summed E-state index contributed by atoms with van der Waals surface area (Å²) in [5.41, 5.74) is 5.40. The zero-order valence-electron chi connectivity index (χ0n) is 8.71. The molecule has 0 amide bonds. The molecule has 0 aliphatic carbocycles. The van der Waals surface area contributed by atoms with Gasteiger partial charge in [-0.05, 0) is 13.3 Å². The summed E-state index contributed by atoms with van der Waals surface area (Å²) in [5.74, 6) is 0. The number of thiocarbonyl (C=S) groups is 1. The van der Waals surface area contributed by atoms with Crippen molar-refractivity contribution in [3.05, 3.63) is 0 Å². The Balaban J connectivity index is 3.11. The third-order valence-corrected chi connectivity index (χ3v) is 2.35. The Hall–Kier alpha value is -0.150. The van der Waals surface area contributed by atoms with Crippen LogP contribution in [0.5, 0.6) is 0 Å². The molecule has 0 aromatic carbocycles. The van der Waals surface area contributed by atoms with Crippen LogP contribution in [0.25, 0.3) is 0 Å². The van der Waals surface area contributed by atoms with Crippen LogP contribution in [-0.2, 0) is 4.74 Å². The molecule has 13 heavy (non-hydrogen) atoms. The van der Waals surface area contributed by atoms with Crippen molar-refractivity contribution in [2.45, 2.75) is 52.1 Å². The van der Waals surface area contributed by atoms with Crippen LogP contribution in [0, 0.1) is 0 Å². The van der Waals surface area contributed by atoms with Gasteiger partial charge >= 0.3 is 0 Å². The first-order chi connectivity index (χ1) is 6.18. The molecule has 3 heteroatoms. The second-order valence-electron chi connectivity index (χ2n) is 3.33. The van der Waals surface area contributed by atoms with Gasteiger partial charge < -0.3 is 10.5 Å². The monoisotopic (exact) mass is 203 g/mol. The summed E-state index contributed by atoms with van der Waals surface area (Å²) in [6, 6.07) is 0. The molecule has 0 aliphatic rings. The van der Waals surface area contributed by atoms with Crippen LogP contribution >= 0.6 is 12.2 Å². The second kappa shape index (κ2) is 8.45. The van der Waals surface area contributed by atoms with Gasteiger partial charge in [0.1, 0.15) is 11.1 Å². The van der Waals surface area contributed by atoms with Gasteiger partial charge in [0, 0.05) is 6.61 Å². The first-order valence-corrected chi connectivity index (χ1v) is 5.50. The third-order valence-electron chi connectivity index (χ3n) is 2.02. The van der Waals surface area contributed by atoms with Crippen LogP contribution in [0.15, 0.2) is 0 Å². The van der Waals surface area contributed by atoms with Crippen LogP contribution in [-0.4, -0.2) is 17.7 Å². The van der Waals surface area contributed by atoms with Gasteiger partial charge in [-0.25, -0.2) is 0 Å². The molecule has 0 aromatic heterocycles. The lowest BCUT2D eigenvalue weighted by atomic mass is 10.2. The zero-order valence-corrected chi connectivity index (χ0v) is 9.53. The fraction of sp³-hybridized carbons (Fsp3) is 0.900. The van der Waals surface area contributed by atoms with E-state index in [0.717, 1.165) is 13.0 Å². The standard InChI is InChI=1S/C10H21NOS/c1-3-4-5-6-7-8-12-9(2)10(11)13/h9H,3-8H2,1-2H3,(H2,11,13). The Morgan fingerprint density at radius 2 is 1.92 bits per heavy atom. The van der Waals surface area contributed by atoms with E-state index in [1.165, 1.54) is 25.7 Å². The molecular weight excluding hydrogens is 182 g/mol. The summed E-state index contributed by atoms with van der Waals surface area (Å²) in [6.07, 6.45) is 6.21. The molecule has 0 saturated heterocycles. The molecule has 0 saturated carbocycles. The minimum Gasteiger partial charge on any atom is -0.391 e. The van der Waals surface area contributed by atoms with Crippen LogP contribution < -0.4 is 5.73 Å². The van der Waals surface area contributed by atoms with Crippen molar-refractivity contribution >= 4 is 17.2 Å². The molecule has 0 aliphatic heterocycles. The third kappa shape index (κ3) is 8.19. The van der Waals surface area contributed by atoms with Gasteiger partial charge in [-0.3, -0.25) is 0 Å². The Bertz CT molecular complexity index is 139. The highest BCUT2D eigenvalue weighted by Gasteiger charge is 2.03. The molecule has 0 bridgehead atoms. The lowest BCUT2D eigenvalue weighted by molar-refractivity contribution is 0.107. The summed E-state index contributed by atoms with van der Waals surface area (Å²) in [4.78, 5) is 0.452. The SMILES string of the molecule is CCCCCCCOC(C)C(N)=S. The first-order valence-electron chi connectivity index (χ1n) is 5.09. The summed E-state index contributed by atoms with van der Waals surface area (Å²) in [5, 5.41) is 0. The predicted molar refractivity (Wildman–Crippen MR) is 61.0 cm³/mol. The van der Waals surface area contributed by atoms with E-state index in [2.05, 4.69) is 6.92 Å². The van der Waals surface area contributed by atoms with Gasteiger partial charge in [0.25, 0.3) is 0 Å². The molecule has 2 N–H and O–H groups in total. The van der Waals surface area contributed by atoms with Crippen LogP contribution in [0.1, 0.15) is 46.0 Å². The Morgan fingerprint density at radius 3 is 2.46 bits per heavy atom. The van der Waals surface area contributed by atoms with Crippen molar-refractivity contribution in [1.82, 2.24) is 0 Å². The Labute approximate surface area is 86.8 Å². The molecule has 1 unspecified atom stereocenters. The molecule has 0 aromatic rings.